The summed E-state index contributed by atoms with van der Waals surface area (Å²) in [7, 11) is 0. The summed E-state index contributed by atoms with van der Waals surface area (Å²) in [6, 6.07) is 0. The normalized spacial score (nSPS) is 27.1. The van der Waals surface area contributed by atoms with Gasteiger partial charge in [-0.15, -0.1) is 0 Å². The van der Waals surface area contributed by atoms with Crippen LogP contribution in [-0.4, -0.2) is 22.6 Å². The van der Waals surface area contributed by atoms with E-state index in [1.165, 1.54) is 0 Å². The number of allylic oxidation sites excluding steroid dienone is 1. The van der Waals surface area contributed by atoms with Crippen LogP contribution in [0.4, 0.5) is 4.39 Å². The molecule has 17 heavy (non-hydrogen) atoms. The van der Waals surface area contributed by atoms with E-state index in [-0.39, 0.29) is 10.00 Å². The Morgan fingerprint density at radius 3 is 2.29 bits per heavy atom. The summed E-state index contributed by atoms with van der Waals surface area (Å²) in [6.07, 6.45) is 0. The molecule has 0 aromatic rings. The third-order valence-electron chi connectivity index (χ3n) is 2.94. The SMILES string of the molecule is CC1(C)C(C(=O)O)C1/C(Br)=C(\F)C(=O)OCBr. The van der Waals surface area contributed by atoms with Gasteiger partial charge in [-0.2, -0.15) is 4.39 Å². The molecule has 1 fully saturated rings. The minimum absolute atomic E-state index is 0.0409. The molecule has 0 heterocycles. The summed E-state index contributed by atoms with van der Waals surface area (Å²) in [5, 5.41) is 8.94. The molecule has 0 radical (unpaired) electrons. The molecule has 1 aliphatic carbocycles. The Balaban J connectivity index is 2.92. The fourth-order valence-electron chi connectivity index (χ4n) is 1.92. The second-order valence-electron chi connectivity index (χ2n) is 4.32. The summed E-state index contributed by atoms with van der Waals surface area (Å²) < 4.78 is 18.0. The Labute approximate surface area is 114 Å². The Hall–Kier alpha value is -0.430. The van der Waals surface area contributed by atoms with Crippen LogP contribution in [0.2, 0.25) is 0 Å². The number of carboxylic acid groups (broad SMARTS) is 1. The number of carboxylic acids is 1. The number of aliphatic carboxylic acids is 1. The number of ether oxygens (including phenoxy) is 1. The average molecular weight is 374 g/mol. The van der Waals surface area contributed by atoms with Gasteiger partial charge in [0.05, 0.1) is 5.92 Å². The monoisotopic (exact) mass is 372 g/mol. The lowest BCUT2D eigenvalue weighted by Crippen LogP contribution is -2.06. The molecule has 4 nitrogen and oxygen atoms in total. The zero-order chi connectivity index (χ0) is 13.4. The summed E-state index contributed by atoms with van der Waals surface area (Å²) in [5.41, 5.74) is -0.688. The molecular weight excluding hydrogens is 363 g/mol. The van der Waals surface area contributed by atoms with Gasteiger partial charge >= 0.3 is 11.9 Å². The van der Waals surface area contributed by atoms with Crippen LogP contribution >= 0.6 is 31.9 Å². The van der Waals surface area contributed by atoms with Crippen LogP contribution in [0.1, 0.15) is 13.8 Å². The van der Waals surface area contributed by atoms with Crippen molar-refractivity contribution in [2.75, 3.05) is 5.52 Å². The van der Waals surface area contributed by atoms with Crippen LogP contribution < -0.4 is 0 Å². The van der Waals surface area contributed by atoms with Gasteiger partial charge in [0.2, 0.25) is 5.83 Å². The molecule has 7 heteroatoms. The van der Waals surface area contributed by atoms with Gasteiger partial charge in [-0.25, -0.2) is 4.79 Å². The largest absolute Gasteiger partial charge is 0.481 e. The summed E-state index contributed by atoms with van der Waals surface area (Å²) in [6.45, 7) is 3.42. The Morgan fingerprint density at radius 1 is 1.41 bits per heavy atom. The first kappa shape index (κ1) is 14.6. The minimum Gasteiger partial charge on any atom is -0.481 e. The fraction of sp³-hybridized carbons (Fsp3) is 0.600. The molecule has 0 aromatic carbocycles. The molecular formula is C10H11Br2FO4. The van der Waals surface area contributed by atoms with E-state index < -0.39 is 35.0 Å². The first-order chi connectivity index (χ1) is 7.75. The van der Waals surface area contributed by atoms with Crippen molar-refractivity contribution in [1.29, 1.82) is 0 Å². The standard InChI is InChI=1S/C10H11Br2FO4/c1-10(2)4(5(10)8(14)15)6(12)7(13)9(16)17-3-11/h4-5H,3H2,1-2H3,(H,14,15)/b7-6+. The first-order valence-electron chi connectivity index (χ1n) is 4.76. The van der Waals surface area contributed by atoms with E-state index in [2.05, 4.69) is 36.6 Å². The minimum atomic E-state index is -1.11. The van der Waals surface area contributed by atoms with Crippen molar-refractivity contribution in [1.82, 2.24) is 0 Å². The smallest absolute Gasteiger partial charge is 0.368 e. The van der Waals surface area contributed by atoms with E-state index in [1.54, 1.807) is 13.8 Å². The molecule has 1 aliphatic rings. The van der Waals surface area contributed by atoms with Crippen LogP contribution in [0.25, 0.3) is 0 Å². The van der Waals surface area contributed by atoms with Gasteiger partial charge in [-0.1, -0.05) is 29.8 Å². The highest BCUT2D eigenvalue weighted by Gasteiger charge is 2.64. The molecule has 0 aromatic heterocycles. The Morgan fingerprint density at radius 2 is 1.94 bits per heavy atom. The maximum atomic E-state index is 13.6. The number of hydrogen-bond donors (Lipinski definition) is 1. The van der Waals surface area contributed by atoms with Crippen molar-refractivity contribution in [3.63, 3.8) is 0 Å². The van der Waals surface area contributed by atoms with Crippen molar-refractivity contribution >= 4 is 43.8 Å². The lowest BCUT2D eigenvalue weighted by atomic mass is 10.1. The van der Waals surface area contributed by atoms with Crippen molar-refractivity contribution in [3.05, 3.63) is 10.3 Å². The quantitative estimate of drug-likeness (QED) is 0.467. The van der Waals surface area contributed by atoms with E-state index in [0.717, 1.165) is 0 Å². The van der Waals surface area contributed by atoms with Gasteiger partial charge in [-0.3, -0.25) is 4.79 Å². The van der Waals surface area contributed by atoms with Gasteiger partial charge in [0.1, 0.15) is 5.52 Å². The van der Waals surface area contributed by atoms with Crippen LogP contribution in [0, 0.1) is 17.3 Å². The second-order valence-corrected chi connectivity index (χ2v) is 5.63. The maximum Gasteiger partial charge on any atom is 0.368 e. The van der Waals surface area contributed by atoms with Crippen LogP contribution in [0.15, 0.2) is 10.3 Å². The molecule has 1 saturated carbocycles. The topological polar surface area (TPSA) is 63.6 Å². The third kappa shape index (κ3) is 2.70. The Bertz CT molecular complexity index is 392. The summed E-state index contributed by atoms with van der Waals surface area (Å²) in [4.78, 5) is 22.1. The number of rotatable bonds is 4. The lowest BCUT2D eigenvalue weighted by molar-refractivity contribution is -0.140. The van der Waals surface area contributed by atoms with E-state index in [1.807, 2.05) is 0 Å². The predicted molar refractivity (Wildman–Crippen MR) is 65.3 cm³/mol. The molecule has 96 valence electrons. The summed E-state index contributed by atoms with van der Waals surface area (Å²) in [5.74, 6) is -4.42. The van der Waals surface area contributed by atoms with Crippen molar-refractivity contribution in [2.24, 2.45) is 17.3 Å². The molecule has 0 saturated heterocycles. The molecule has 2 atom stereocenters. The second kappa shape index (κ2) is 5.06. The molecule has 0 aliphatic heterocycles. The highest BCUT2D eigenvalue weighted by atomic mass is 79.9. The molecule has 2 unspecified atom stereocenters. The number of carbonyl (C=O) groups excluding carboxylic acids is 1. The molecule has 1 N–H and O–H groups in total. The molecule has 0 amide bonds. The van der Waals surface area contributed by atoms with E-state index in [9.17, 15) is 14.0 Å². The van der Waals surface area contributed by atoms with Gasteiger partial charge in [0, 0.05) is 10.4 Å². The number of carbonyl (C=O) groups is 2. The number of esters is 1. The highest BCUT2D eigenvalue weighted by molar-refractivity contribution is 9.11. The highest BCUT2D eigenvalue weighted by Crippen LogP contribution is 2.63. The van der Waals surface area contributed by atoms with Gasteiger partial charge < -0.3 is 9.84 Å². The molecule has 0 spiro atoms. The van der Waals surface area contributed by atoms with Gasteiger partial charge in [-0.05, 0) is 21.3 Å². The number of hydrogen-bond acceptors (Lipinski definition) is 3. The zero-order valence-electron chi connectivity index (χ0n) is 9.17. The van der Waals surface area contributed by atoms with Crippen LogP contribution in [0.3, 0.4) is 0 Å². The van der Waals surface area contributed by atoms with Crippen LogP contribution in [0.5, 0.6) is 0 Å². The number of halogens is 3. The van der Waals surface area contributed by atoms with Crippen molar-refractivity contribution in [3.8, 4) is 0 Å². The van der Waals surface area contributed by atoms with E-state index in [4.69, 9.17) is 5.11 Å². The lowest BCUT2D eigenvalue weighted by Gasteiger charge is -2.03. The van der Waals surface area contributed by atoms with Gasteiger partial charge in [0.15, 0.2) is 0 Å². The predicted octanol–water partition coefficient (Wildman–Crippen LogP) is 2.81. The van der Waals surface area contributed by atoms with Gasteiger partial charge in [0.25, 0.3) is 0 Å². The first-order valence-corrected chi connectivity index (χ1v) is 6.67. The maximum absolute atomic E-state index is 13.6. The Kier molecular flexibility index (Phi) is 4.35. The van der Waals surface area contributed by atoms with E-state index >= 15 is 0 Å². The molecule has 0 bridgehead atoms. The van der Waals surface area contributed by atoms with E-state index in [0.29, 0.717) is 0 Å². The molecule has 1 rings (SSSR count). The average Bonchev–Trinajstić information content (AvgIpc) is 2.80. The summed E-state index contributed by atoms with van der Waals surface area (Å²) >= 11 is 5.79. The zero-order valence-corrected chi connectivity index (χ0v) is 12.3. The number of alkyl halides is 1. The third-order valence-corrected chi connectivity index (χ3v) is 4.01. The van der Waals surface area contributed by atoms with Crippen molar-refractivity contribution < 1.29 is 23.8 Å². The van der Waals surface area contributed by atoms with Crippen LogP contribution in [-0.2, 0) is 14.3 Å². The van der Waals surface area contributed by atoms with Crippen molar-refractivity contribution in [2.45, 2.75) is 13.8 Å². The fourth-order valence-corrected chi connectivity index (χ4v) is 3.14.